The highest BCUT2D eigenvalue weighted by molar-refractivity contribution is 7.99. The maximum absolute atomic E-state index is 5.63. The molecule has 1 aromatic heterocycles. The summed E-state index contributed by atoms with van der Waals surface area (Å²) in [6.07, 6.45) is 5.58. The molecule has 0 amide bonds. The summed E-state index contributed by atoms with van der Waals surface area (Å²) >= 11 is 1.84. The van der Waals surface area contributed by atoms with Crippen molar-refractivity contribution in [3.8, 4) is 0 Å². The van der Waals surface area contributed by atoms with E-state index in [-0.39, 0.29) is 0 Å². The van der Waals surface area contributed by atoms with Crippen LogP contribution < -0.4 is 5.73 Å². The Morgan fingerprint density at radius 3 is 2.75 bits per heavy atom. The van der Waals surface area contributed by atoms with Gasteiger partial charge in [-0.3, -0.25) is 0 Å². The minimum atomic E-state index is 0.477. The lowest BCUT2D eigenvalue weighted by atomic mass is 10.1. The number of rotatable bonds is 5. The molecule has 90 valence electrons. The van der Waals surface area contributed by atoms with Gasteiger partial charge in [0.15, 0.2) is 5.16 Å². The fourth-order valence-corrected chi connectivity index (χ4v) is 3.47. The molecule has 2 N–H and O–H groups in total. The molecule has 0 spiro atoms. The van der Waals surface area contributed by atoms with E-state index in [0.29, 0.717) is 6.54 Å². The number of nitrogens with two attached hydrogens (primary N) is 1. The van der Waals surface area contributed by atoms with Crippen molar-refractivity contribution in [2.45, 2.75) is 50.9 Å². The van der Waals surface area contributed by atoms with Crippen LogP contribution in [-0.4, -0.2) is 20.5 Å². The van der Waals surface area contributed by atoms with Gasteiger partial charge in [-0.05, 0) is 25.7 Å². The van der Waals surface area contributed by atoms with Crippen molar-refractivity contribution in [2.75, 3.05) is 5.75 Å². The van der Waals surface area contributed by atoms with Crippen molar-refractivity contribution < 1.29 is 0 Å². The molecule has 1 aliphatic rings. The topological polar surface area (TPSA) is 56.7 Å². The Morgan fingerprint density at radius 2 is 2.12 bits per heavy atom. The highest BCUT2D eigenvalue weighted by Crippen LogP contribution is 2.30. The van der Waals surface area contributed by atoms with Gasteiger partial charge >= 0.3 is 0 Å². The normalized spacial score (nSPS) is 17.1. The molecular formula is C11H20N4S. The molecule has 1 saturated carbocycles. The van der Waals surface area contributed by atoms with Crippen LogP contribution in [0, 0.1) is 5.92 Å². The minimum absolute atomic E-state index is 0.477. The second-order valence-corrected chi connectivity index (χ2v) is 5.30. The first-order valence-electron chi connectivity index (χ1n) is 6.10. The molecule has 0 aromatic carbocycles. The van der Waals surface area contributed by atoms with Crippen molar-refractivity contribution in [3.05, 3.63) is 5.82 Å². The zero-order chi connectivity index (χ0) is 11.4. The van der Waals surface area contributed by atoms with E-state index in [0.717, 1.165) is 23.4 Å². The fraction of sp³-hybridized carbons (Fsp3) is 0.818. The number of hydrogen-bond donors (Lipinski definition) is 1. The monoisotopic (exact) mass is 240 g/mol. The smallest absolute Gasteiger partial charge is 0.191 e. The lowest BCUT2D eigenvalue weighted by Crippen LogP contribution is -2.08. The third-order valence-electron chi connectivity index (χ3n) is 3.22. The van der Waals surface area contributed by atoms with Crippen LogP contribution in [0.25, 0.3) is 0 Å². The number of nitrogens with zero attached hydrogens (tertiary/aromatic N) is 3. The fourth-order valence-electron chi connectivity index (χ4n) is 2.26. The summed E-state index contributed by atoms with van der Waals surface area (Å²) in [5, 5.41) is 9.37. The van der Waals surface area contributed by atoms with Crippen LogP contribution in [0.4, 0.5) is 0 Å². The van der Waals surface area contributed by atoms with Crippen molar-refractivity contribution in [1.82, 2.24) is 14.8 Å². The molecular weight excluding hydrogens is 220 g/mol. The van der Waals surface area contributed by atoms with Crippen LogP contribution in [0.1, 0.15) is 38.4 Å². The molecule has 4 nitrogen and oxygen atoms in total. The van der Waals surface area contributed by atoms with Gasteiger partial charge in [0.05, 0.1) is 6.54 Å². The molecule has 2 rings (SSSR count). The Balaban J connectivity index is 1.94. The maximum Gasteiger partial charge on any atom is 0.191 e. The van der Waals surface area contributed by atoms with E-state index in [9.17, 15) is 0 Å². The standard InChI is InChI=1S/C11H20N4S/c1-2-15-10(7-12)13-14-11(15)16-8-9-5-3-4-6-9/h9H,2-8,12H2,1H3. The van der Waals surface area contributed by atoms with Crippen LogP contribution >= 0.6 is 11.8 Å². The molecule has 1 fully saturated rings. The van der Waals surface area contributed by atoms with E-state index in [1.54, 1.807) is 0 Å². The SMILES string of the molecule is CCn1c(CN)nnc1SCC1CCCC1. The summed E-state index contributed by atoms with van der Waals surface area (Å²) in [4.78, 5) is 0. The molecule has 0 saturated heterocycles. The number of thioether (sulfide) groups is 1. The van der Waals surface area contributed by atoms with Gasteiger partial charge in [-0.25, -0.2) is 0 Å². The largest absolute Gasteiger partial charge is 0.324 e. The molecule has 0 radical (unpaired) electrons. The van der Waals surface area contributed by atoms with Gasteiger partial charge in [0, 0.05) is 12.3 Å². The summed E-state index contributed by atoms with van der Waals surface area (Å²) in [5.74, 6) is 2.97. The molecule has 16 heavy (non-hydrogen) atoms. The van der Waals surface area contributed by atoms with Crippen LogP contribution in [0.2, 0.25) is 0 Å². The predicted molar refractivity (Wildman–Crippen MR) is 66.3 cm³/mol. The van der Waals surface area contributed by atoms with E-state index >= 15 is 0 Å². The Hall–Kier alpha value is -0.550. The second kappa shape index (κ2) is 5.68. The summed E-state index contributed by atoms with van der Waals surface area (Å²) < 4.78 is 2.12. The van der Waals surface area contributed by atoms with Gasteiger partial charge in [0.1, 0.15) is 5.82 Å². The lowest BCUT2D eigenvalue weighted by molar-refractivity contribution is 0.614. The van der Waals surface area contributed by atoms with Gasteiger partial charge < -0.3 is 10.3 Å². The average molecular weight is 240 g/mol. The molecule has 0 bridgehead atoms. The van der Waals surface area contributed by atoms with E-state index in [4.69, 9.17) is 5.73 Å². The molecule has 0 atom stereocenters. The van der Waals surface area contributed by atoms with Gasteiger partial charge in [0.2, 0.25) is 0 Å². The average Bonchev–Trinajstić information content (AvgIpc) is 2.94. The molecule has 1 aliphatic carbocycles. The van der Waals surface area contributed by atoms with Gasteiger partial charge in [-0.2, -0.15) is 0 Å². The molecule has 1 heterocycles. The zero-order valence-corrected chi connectivity index (χ0v) is 10.7. The Bertz CT molecular complexity index is 331. The second-order valence-electron chi connectivity index (χ2n) is 4.31. The first-order valence-corrected chi connectivity index (χ1v) is 7.08. The summed E-state index contributed by atoms with van der Waals surface area (Å²) in [5.41, 5.74) is 5.63. The maximum atomic E-state index is 5.63. The summed E-state index contributed by atoms with van der Waals surface area (Å²) in [6.45, 7) is 3.50. The summed E-state index contributed by atoms with van der Waals surface area (Å²) in [7, 11) is 0. The Kier molecular flexibility index (Phi) is 4.23. The van der Waals surface area contributed by atoms with E-state index in [1.165, 1.54) is 31.4 Å². The molecule has 0 aliphatic heterocycles. The number of aromatic nitrogens is 3. The van der Waals surface area contributed by atoms with Crippen LogP contribution in [-0.2, 0) is 13.1 Å². The molecule has 1 aromatic rings. The van der Waals surface area contributed by atoms with Crippen molar-refractivity contribution in [3.63, 3.8) is 0 Å². The highest BCUT2D eigenvalue weighted by atomic mass is 32.2. The Morgan fingerprint density at radius 1 is 1.38 bits per heavy atom. The molecule has 0 unspecified atom stereocenters. The lowest BCUT2D eigenvalue weighted by Gasteiger charge is -2.09. The minimum Gasteiger partial charge on any atom is -0.324 e. The first kappa shape index (κ1) is 11.9. The van der Waals surface area contributed by atoms with Crippen LogP contribution in [0.3, 0.4) is 0 Å². The van der Waals surface area contributed by atoms with Crippen LogP contribution in [0.5, 0.6) is 0 Å². The van der Waals surface area contributed by atoms with Gasteiger partial charge in [-0.15, -0.1) is 10.2 Å². The van der Waals surface area contributed by atoms with Crippen molar-refractivity contribution in [2.24, 2.45) is 11.7 Å². The van der Waals surface area contributed by atoms with Gasteiger partial charge in [0.25, 0.3) is 0 Å². The first-order chi connectivity index (χ1) is 7.85. The number of hydrogen-bond acceptors (Lipinski definition) is 4. The van der Waals surface area contributed by atoms with Crippen LogP contribution in [0.15, 0.2) is 5.16 Å². The van der Waals surface area contributed by atoms with E-state index in [1.807, 2.05) is 11.8 Å². The van der Waals surface area contributed by atoms with Gasteiger partial charge in [-0.1, -0.05) is 24.6 Å². The summed E-state index contributed by atoms with van der Waals surface area (Å²) in [6, 6.07) is 0. The van der Waals surface area contributed by atoms with E-state index < -0.39 is 0 Å². The molecule has 5 heteroatoms. The highest BCUT2D eigenvalue weighted by Gasteiger charge is 2.17. The van der Waals surface area contributed by atoms with Crippen molar-refractivity contribution >= 4 is 11.8 Å². The van der Waals surface area contributed by atoms with E-state index in [2.05, 4.69) is 21.7 Å². The van der Waals surface area contributed by atoms with Crippen molar-refractivity contribution in [1.29, 1.82) is 0 Å². The zero-order valence-electron chi connectivity index (χ0n) is 9.85. The quantitative estimate of drug-likeness (QED) is 0.800. The Labute approximate surface area is 101 Å². The predicted octanol–water partition coefficient (Wildman–Crippen LogP) is 2.04. The third-order valence-corrected chi connectivity index (χ3v) is 4.41. The third kappa shape index (κ3) is 2.58.